The highest BCUT2D eigenvalue weighted by molar-refractivity contribution is 5.93. The lowest BCUT2D eigenvalue weighted by Crippen LogP contribution is -2.30. The normalized spacial score (nSPS) is 11.8. The maximum absolute atomic E-state index is 12.4. The van der Waals surface area contributed by atoms with Gasteiger partial charge in [-0.15, -0.1) is 0 Å². The second-order valence-electron chi connectivity index (χ2n) is 5.56. The number of aliphatic carboxylic acids is 1. The van der Waals surface area contributed by atoms with Gasteiger partial charge in [0.15, 0.2) is 0 Å². The van der Waals surface area contributed by atoms with Gasteiger partial charge in [-0.3, -0.25) is 9.59 Å². The van der Waals surface area contributed by atoms with Crippen LogP contribution in [0.15, 0.2) is 48.5 Å². The first-order valence-electron chi connectivity index (χ1n) is 7.67. The van der Waals surface area contributed by atoms with Crippen LogP contribution < -0.4 is 10.1 Å². The van der Waals surface area contributed by atoms with Gasteiger partial charge in [0.05, 0.1) is 18.6 Å². The summed E-state index contributed by atoms with van der Waals surface area (Å²) in [5.74, 6) is -1.08. The minimum atomic E-state index is -0.992. The molecule has 0 aliphatic rings. The van der Waals surface area contributed by atoms with E-state index in [-0.39, 0.29) is 18.2 Å². The Hall–Kier alpha value is -2.89. The summed E-state index contributed by atoms with van der Waals surface area (Å²) >= 11 is 0. The van der Waals surface area contributed by atoms with Crippen molar-refractivity contribution in [3.63, 3.8) is 0 Å². The van der Waals surface area contributed by atoms with E-state index in [0.717, 1.165) is 5.56 Å². The molecular weight excluding hydrogens is 308 g/mol. The topological polar surface area (TPSA) is 88.5 Å². The van der Waals surface area contributed by atoms with Gasteiger partial charge >= 0.3 is 5.97 Å². The number of hydrogen-bond acceptors (Lipinski definition) is 4. The average Bonchev–Trinajstić information content (AvgIpc) is 2.54. The number of aromatic nitrogens is 1. The molecule has 1 amide bonds. The van der Waals surface area contributed by atoms with Gasteiger partial charge in [-0.1, -0.05) is 36.4 Å². The van der Waals surface area contributed by atoms with Crippen LogP contribution in [-0.4, -0.2) is 28.1 Å². The van der Waals surface area contributed by atoms with Crippen LogP contribution >= 0.6 is 0 Å². The molecule has 2 N–H and O–H groups in total. The SMILES string of the molecule is CC(C)Oc1cccc(C(=O)NC(CC(=O)O)c2ccccc2)n1. The van der Waals surface area contributed by atoms with Gasteiger partial charge in [0, 0.05) is 6.07 Å². The number of carboxylic acid groups (broad SMARTS) is 1. The molecule has 6 heteroatoms. The quantitative estimate of drug-likeness (QED) is 0.816. The molecule has 0 saturated carbocycles. The fraction of sp³-hybridized carbons (Fsp3) is 0.278. The molecule has 24 heavy (non-hydrogen) atoms. The van der Waals surface area contributed by atoms with Crippen molar-refractivity contribution in [1.82, 2.24) is 10.3 Å². The Morgan fingerprint density at radius 1 is 1.12 bits per heavy atom. The number of nitrogens with one attached hydrogen (secondary N) is 1. The predicted octanol–water partition coefficient (Wildman–Crippen LogP) is 2.81. The molecule has 1 unspecified atom stereocenters. The highest BCUT2D eigenvalue weighted by Gasteiger charge is 2.19. The Bertz CT molecular complexity index is 701. The molecule has 0 saturated heterocycles. The zero-order chi connectivity index (χ0) is 17.5. The second-order valence-corrected chi connectivity index (χ2v) is 5.56. The molecule has 0 fully saturated rings. The minimum Gasteiger partial charge on any atom is -0.481 e. The van der Waals surface area contributed by atoms with E-state index < -0.39 is 17.9 Å². The third kappa shape index (κ3) is 5.08. The number of nitrogens with zero attached hydrogens (tertiary/aromatic N) is 1. The molecular formula is C18H20N2O4. The molecule has 1 aromatic carbocycles. The Morgan fingerprint density at radius 2 is 1.83 bits per heavy atom. The van der Waals surface area contributed by atoms with Crippen LogP contribution in [0.5, 0.6) is 5.88 Å². The van der Waals surface area contributed by atoms with Crippen LogP contribution in [0, 0.1) is 0 Å². The number of rotatable bonds is 7. The maximum atomic E-state index is 12.4. The second kappa shape index (κ2) is 8.10. The monoisotopic (exact) mass is 328 g/mol. The van der Waals surface area contributed by atoms with Crippen molar-refractivity contribution in [2.75, 3.05) is 0 Å². The number of benzene rings is 1. The number of ether oxygens (including phenoxy) is 1. The number of carbonyl (C=O) groups is 2. The summed E-state index contributed by atoms with van der Waals surface area (Å²) in [6, 6.07) is 13.3. The van der Waals surface area contributed by atoms with Crippen LogP contribution in [0.1, 0.15) is 42.4 Å². The van der Waals surface area contributed by atoms with Crippen LogP contribution in [0.2, 0.25) is 0 Å². The lowest BCUT2D eigenvalue weighted by atomic mass is 10.0. The van der Waals surface area contributed by atoms with Crippen LogP contribution in [0.3, 0.4) is 0 Å². The van der Waals surface area contributed by atoms with E-state index in [9.17, 15) is 9.59 Å². The fourth-order valence-corrected chi connectivity index (χ4v) is 2.19. The largest absolute Gasteiger partial charge is 0.481 e. The number of carboxylic acids is 1. The third-order valence-corrected chi connectivity index (χ3v) is 3.20. The van der Waals surface area contributed by atoms with Crippen molar-refractivity contribution in [3.05, 3.63) is 59.8 Å². The van der Waals surface area contributed by atoms with Crippen molar-refractivity contribution in [2.24, 2.45) is 0 Å². The molecule has 0 bridgehead atoms. The summed E-state index contributed by atoms with van der Waals surface area (Å²) in [6.45, 7) is 3.74. The number of hydrogen-bond donors (Lipinski definition) is 2. The summed E-state index contributed by atoms with van der Waals surface area (Å²) in [5, 5.41) is 11.8. The van der Waals surface area contributed by atoms with Crippen molar-refractivity contribution < 1.29 is 19.4 Å². The van der Waals surface area contributed by atoms with Gasteiger partial charge in [-0.25, -0.2) is 4.98 Å². The number of amides is 1. The van der Waals surface area contributed by atoms with Gasteiger partial charge in [0.1, 0.15) is 5.69 Å². The van der Waals surface area contributed by atoms with E-state index in [1.165, 1.54) is 0 Å². The van der Waals surface area contributed by atoms with Gasteiger partial charge < -0.3 is 15.2 Å². The van der Waals surface area contributed by atoms with E-state index in [1.807, 2.05) is 19.9 Å². The van der Waals surface area contributed by atoms with Crippen LogP contribution in [-0.2, 0) is 4.79 Å². The van der Waals surface area contributed by atoms with E-state index in [4.69, 9.17) is 9.84 Å². The predicted molar refractivity (Wildman–Crippen MR) is 88.9 cm³/mol. The molecule has 2 rings (SSSR count). The van der Waals surface area contributed by atoms with E-state index in [1.54, 1.807) is 42.5 Å². The Kier molecular flexibility index (Phi) is 5.89. The number of carbonyl (C=O) groups excluding carboxylic acids is 1. The highest BCUT2D eigenvalue weighted by Crippen LogP contribution is 2.18. The summed E-state index contributed by atoms with van der Waals surface area (Å²) in [5.41, 5.74) is 0.905. The lowest BCUT2D eigenvalue weighted by molar-refractivity contribution is -0.137. The molecule has 6 nitrogen and oxygen atoms in total. The number of pyridine rings is 1. The standard InChI is InChI=1S/C18H20N2O4/c1-12(2)24-16-10-6-9-14(19-16)18(23)20-15(11-17(21)22)13-7-4-3-5-8-13/h3-10,12,15H,11H2,1-2H3,(H,20,23)(H,21,22). The maximum Gasteiger partial charge on any atom is 0.305 e. The van der Waals surface area contributed by atoms with Crippen LogP contribution in [0.25, 0.3) is 0 Å². The van der Waals surface area contributed by atoms with Crippen LogP contribution in [0.4, 0.5) is 0 Å². The Balaban J connectivity index is 2.17. The Labute approximate surface area is 140 Å². The molecule has 2 aromatic rings. The third-order valence-electron chi connectivity index (χ3n) is 3.20. The minimum absolute atomic E-state index is 0.0557. The van der Waals surface area contributed by atoms with Crippen molar-refractivity contribution in [2.45, 2.75) is 32.4 Å². The van der Waals surface area contributed by atoms with Gasteiger partial charge in [0.2, 0.25) is 5.88 Å². The molecule has 0 aliphatic heterocycles. The first-order valence-corrected chi connectivity index (χ1v) is 7.67. The zero-order valence-electron chi connectivity index (χ0n) is 13.6. The molecule has 0 aliphatic carbocycles. The highest BCUT2D eigenvalue weighted by atomic mass is 16.5. The Morgan fingerprint density at radius 3 is 2.46 bits per heavy atom. The van der Waals surface area contributed by atoms with Gasteiger partial charge in [0.25, 0.3) is 5.91 Å². The van der Waals surface area contributed by atoms with E-state index in [2.05, 4.69) is 10.3 Å². The van der Waals surface area contributed by atoms with E-state index >= 15 is 0 Å². The lowest BCUT2D eigenvalue weighted by Gasteiger charge is -2.17. The molecule has 1 atom stereocenters. The molecule has 126 valence electrons. The smallest absolute Gasteiger partial charge is 0.305 e. The van der Waals surface area contributed by atoms with E-state index in [0.29, 0.717) is 5.88 Å². The zero-order valence-corrected chi connectivity index (χ0v) is 13.6. The molecule has 0 spiro atoms. The summed E-state index contributed by atoms with van der Waals surface area (Å²) in [7, 11) is 0. The summed E-state index contributed by atoms with van der Waals surface area (Å²) < 4.78 is 5.47. The first kappa shape index (κ1) is 17.5. The first-order chi connectivity index (χ1) is 11.5. The summed E-state index contributed by atoms with van der Waals surface area (Å²) in [4.78, 5) is 27.7. The van der Waals surface area contributed by atoms with Gasteiger partial charge in [-0.2, -0.15) is 0 Å². The fourth-order valence-electron chi connectivity index (χ4n) is 2.19. The van der Waals surface area contributed by atoms with Crippen molar-refractivity contribution >= 4 is 11.9 Å². The molecule has 0 radical (unpaired) electrons. The summed E-state index contributed by atoms with van der Waals surface area (Å²) in [6.07, 6.45) is -0.266. The molecule has 1 heterocycles. The van der Waals surface area contributed by atoms with Crippen molar-refractivity contribution in [3.8, 4) is 5.88 Å². The molecule has 1 aromatic heterocycles. The van der Waals surface area contributed by atoms with Crippen molar-refractivity contribution in [1.29, 1.82) is 0 Å². The average molecular weight is 328 g/mol. The van der Waals surface area contributed by atoms with Gasteiger partial charge in [-0.05, 0) is 25.5 Å².